The summed E-state index contributed by atoms with van der Waals surface area (Å²) in [5, 5.41) is 6.72. The first-order chi connectivity index (χ1) is 9.81. The summed E-state index contributed by atoms with van der Waals surface area (Å²) in [5.41, 5.74) is 4.85. The Labute approximate surface area is 131 Å². The summed E-state index contributed by atoms with van der Waals surface area (Å²) in [6.07, 6.45) is 2.82. The molecule has 2 rings (SSSR count). The van der Waals surface area contributed by atoms with Crippen molar-refractivity contribution in [2.75, 3.05) is 7.05 Å². The molecule has 0 saturated carbocycles. The topological polar surface area (TPSA) is 37.8 Å². The molecule has 21 heavy (non-hydrogen) atoms. The molecule has 0 amide bonds. The number of hydrogen-bond acceptors (Lipinski definition) is 4. The van der Waals surface area contributed by atoms with E-state index in [9.17, 15) is 0 Å². The van der Waals surface area contributed by atoms with Crippen molar-refractivity contribution in [3.8, 4) is 0 Å². The van der Waals surface area contributed by atoms with E-state index in [1.807, 2.05) is 13.2 Å². The van der Waals surface area contributed by atoms with Crippen molar-refractivity contribution < 1.29 is 0 Å². The number of rotatable bonds is 4. The Morgan fingerprint density at radius 1 is 1.29 bits per heavy atom. The fraction of sp³-hybridized carbons (Fsp3) is 0.529. The smallest absolute Gasteiger partial charge is 0.0948 e. The van der Waals surface area contributed by atoms with E-state index in [1.165, 1.54) is 21.8 Å². The highest BCUT2D eigenvalue weighted by molar-refractivity contribution is 7.09. The first-order valence-corrected chi connectivity index (χ1v) is 8.24. The summed E-state index contributed by atoms with van der Waals surface area (Å²) in [6, 6.07) is 2.40. The Balaban J connectivity index is 2.21. The Kier molecular flexibility index (Phi) is 4.79. The fourth-order valence-corrected chi connectivity index (χ4v) is 3.42. The molecule has 2 aromatic rings. The van der Waals surface area contributed by atoms with Crippen LogP contribution in [-0.4, -0.2) is 17.0 Å². The van der Waals surface area contributed by atoms with Crippen molar-refractivity contribution in [1.82, 2.24) is 15.3 Å². The monoisotopic (exact) mass is 303 g/mol. The second-order valence-corrected chi connectivity index (χ2v) is 7.58. The molecule has 0 aliphatic rings. The van der Waals surface area contributed by atoms with E-state index in [1.54, 1.807) is 11.3 Å². The van der Waals surface area contributed by atoms with Crippen LogP contribution in [0.5, 0.6) is 0 Å². The predicted octanol–water partition coefficient (Wildman–Crippen LogP) is 3.96. The van der Waals surface area contributed by atoms with Gasteiger partial charge in [0.1, 0.15) is 0 Å². The highest BCUT2D eigenvalue weighted by Gasteiger charge is 2.20. The van der Waals surface area contributed by atoms with Gasteiger partial charge in [-0.05, 0) is 32.0 Å². The van der Waals surface area contributed by atoms with Gasteiger partial charge in [-0.1, -0.05) is 26.8 Å². The number of aromatic nitrogens is 2. The molecule has 3 nitrogen and oxygen atoms in total. The molecule has 1 N–H and O–H groups in total. The number of hydrogen-bond donors (Lipinski definition) is 1. The number of nitrogens with one attached hydrogen (secondary N) is 1. The lowest BCUT2D eigenvalue weighted by molar-refractivity contribution is 0.553. The van der Waals surface area contributed by atoms with Crippen LogP contribution in [0.1, 0.15) is 54.3 Å². The van der Waals surface area contributed by atoms with Crippen molar-refractivity contribution in [2.45, 2.75) is 52.5 Å². The Bertz CT molecular complexity index is 611. The van der Waals surface area contributed by atoms with Crippen LogP contribution in [0.25, 0.3) is 0 Å². The first kappa shape index (κ1) is 16.1. The molecule has 0 fully saturated rings. The molecule has 114 valence electrons. The van der Waals surface area contributed by atoms with Gasteiger partial charge in [-0.15, -0.1) is 11.3 Å². The summed E-state index contributed by atoms with van der Waals surface area (Å²) < 4.78 is 0. The average molecular weight is 303 g/mol. The maximum atomic E-state index is 4.79. The quantitative estimate of drug-likeness (QED) is 0.929. The van der Waals surface area contributed by atoms with Crippen LogP contribution in [0.15, 0.2) is 17.6 Å². The largest absolute Gasteiger partial charge is 0.311 e. The maximum Gasteiger partial charge on any atom is 0.0948 e. The van der Waals surface area contributed by atoms with E-state index in [0.29, 0.717) is 0 Å². The van der Waals surface area contributed by atoms with Crippen LogP contribution < -0.4 is 5.32 Å². The van der Waals surface area contributed by atoms with Crippen molar-refractivity contribution in [3.63, 3.8) is 0 Å². The Morgan fingerprint density at radius 2 is 2.00 bits per heavy atom. The van der Waals surface area contributed by atoms with Gasteiger partial charge in [-0.25, -0.2) is 4.98 Å². The predicted molar refractivity (Wildman–Crippen MR) is 90.0 cm³/mol. The molecule has 2 aromatic heterocycles. The minimum absolute atomic E-state index is 0.113. The standard InChI is InChI=1S/C17H25N3S/c1-11-7-12(2)16(19-9-11)13(18-6)8-15-20-14(10-21-15)17(3,4)5/h7,9-10,13,18H,8H2,1-6H3. The summed E-state index contributed by atoms with van der Waals surface area (Å²) in [6.45, 7) is 10.8. The maximum absolute atomic E-state index is 4.79. The molecule has 1 atom stereocenters. The third kappa shape index (κ3) is 3.89. The lowest BCUT2D eigenvalue weighted by Crippen LogP contribution is -2.21. The van der Waals surface area contributed by atoms with Gasteiger partial charge in [-0.3, -0.25) is 4.98 Å². The lowest BCUT2D eigenvalue weighted by Gasteiger charge is -2.17. The summed E-state index contributed by atoms with van der Waals surface area (Å²) >= 11 is 1.74. The molecule has 0 aliphatic heterocycles. The molecule has 2 heterocycles. The van der Waals surface area contributed by atoms with Crippen molar-refractivity contribution >= 4 is 11.3 Å². The van der Waals surface area contributed by atoms with Gasteiger partial charge >= 0.3 is 0 Å². The van der Waals surface area contributed by atoms with Gasteiger partial charge in [-0.2, -0.15) is 0 Å². The number of likely N-dealkylation sites (N-methyl/N-ethyl adjacent to an activating group) is 1. The molecule has 0 bridgehead atoms. The van der Waals surface area contributed by atoms with E-state index < -0.39 is 0 Å². The van der Waals surface area contributed by atoms with Crippen LogP contribution in [0, 0.1) is 13.8 Å². The van der Waals surface area contributed by atoms with Gasteiger partial charge in [0.25, 0.3) is 0 Å². The molecule has 0 radical (unpaired) electrons. The summed E-state index contributed by atoms with van der Waals surface area (Å²) in [4.78, 5) is 9.41. The highest BCUT2D eigenvalue weighted by Crippen LogP contribution is 2.27. The zero-order chi connectivity index (χ0) is 15.6. The Morgan fingerprint density at radius 3 is 2.52 bits per heavy atom. The number of pyridine rings is 1. The van der Waals surface area contributed by atoms with Gasteiger partial charge in [0.05, 0.1) is 22.4 Å². The SMILES string of the molecule is CNC(Cc1nc(C(C)(C)C)cs1)c1ncc(C)cc1C. The molecule has 0 aliphatic carbocycles. The Hall–Kier alpha value is -1.26. The molecule has 0 saturated heterocycles. The van der Waals surface area contributed by atoms with Gasteiger partial charge < -0.3 is 5.32 Å². The average Bonchev–Trinajstić information content (AvgIpc) is 2.85. The van der Waals surface area contributed by atoms with Crippen LogP contribution in [-0.2, 0) is 11.8 Å². The minimum Gasteiger partial charge on any atom is -0.311 e. The second kappa shape index (κ2) is 6.24. The fourth-order valence-electron chi connectivity index (χ4n) is 2.35. The van der Waals surface area contributed by atoms with E-state index in [0.717, 1.165) is 12.1 Å². The first-order valence-electron chi connectivity index (χ1n) is 7.36. The zero-order valence-corrected chi connectivity index (χ0v) is 14.6. The van der Waals surface area contributed by atoms with Crippen molar-refractivity contribution in [2.24, 2.45) is 0 Å². The van der Waals surface area contributed by atoms with Crippen molar-refractivity contribution in [3.05, 3.63) is 45.2 Å². The summed E-state index contributed by atoms with van der Waals surface area (Å²) in [5.74, 6) is 0. The van der Waals surface area contributed by atoms with Gasteiger partial charge in [0.2, 0.25) is 0 Å². The number of nitrogens with zero attached hydrogens (tertiary/aromatic N) is 2. The molecular formula is C17H25N3S. The second-order valence-electron chi connectivity index (χ2n) is 6.64. The molecule has 4 heteroatoms. The highest BCUT2D eigenvalue weighted by atomic mass is 32.1. The molecule has 0 aromatic carbocycles. The van der Waals surface area contributed by atoms with E-state index >= 15 is 0 Å². The third-order valence-electron chi connectivity index (χ3n) is 3.63. The van der Waals surface area contributed by atoms with Crippen molar-refractivity contribution in [1.29, 1.82) is 0 Å². The summed E-state index contributed by atoms with van der Waals surface area (Å²) in [7, 11) is 1.99. The van der Waals surface area contributed by atoms with E-state index in [2.05, 4.69) is 56.4 Å². The zero-order valence-electron chi connectivity index (χ0n) is 13.8. The number of aryl methyl sites for hydroxylation is 2. The van der Waals surface area contributed by atoms with Crippen LogP contribution in [0.2, 0.25) is 0 Å². The molecular weight excluding hydrogens is 278 g/mol. The van der Waals surface area contributed by atoms with Gasteiger partial charge in [0, 0.05) is 23.4 Å². The van der Waals surface area contributed by atoms with E-state index in [-0.39, 0.29) is 11.5 Å². The van der Waals surface area contributed by atoms with Gasteiger partial charge in [0.15, 0.2) is 0 Å². The van der Waals surface area contributed by atoms with Crippen LogP contribution >= 0.6 is 11.3 Å². The molecule has 1 unspecified atom stereocenters. The normalized spacial score (nSPS) is 13.4. The molecule has 0 spiro atoms. The number of thiazole rings is 1. The lowest BCUT2D eigenvalue weighted by atomic mass is 9.93. The third-order valence-corrected chi connectivity index (χ3v) is 4.50. The van der Waals surface area contributed by atoms with Crippen LogP contribution in [0.4, 0.5) is 0 Å². The minimum atomic E-state index is 0.113. The van der Waals surface area contributed by atoms with E-state index in [4.69, 9.17) is 4.98 Å². The van der Waals surface area contributed by atoms with Crippen LogP contribution in [0.3, 0.4) is 0 Å².